The molecule has 4 nitrogen and oxygen atoms in total. The molecule has 1 aromatic rings. The molecule has 2 N–H and O–H groups in total. The molecule has 0 aliphatic carbocycles. The van der Waals surface area contributed by atoms with E-state index in [-0.39, 0.29) is 18.0 Å². The predicted octanol–water partition coefficient (Wildman–Crippen LogP) is 2.10. The van der Waals surface area contributed by atoms with Gasteiger partial charge in [0, 0.05) is 13.2 Å². The summed E-state index contributed by atoms with van der Waals surface area (Å²) < 4.78 is 47.2. The maximum atomic E-state index is 12.4. The lowest BCUT2D eigenvalue weighted by atomic mass is 10.3. The third kappa shape index (κ3) is 3.77. The molecule has 1 atom stereocenters. The monoisotopic (exact) mass is 250 g/mol. The first-order valence-electron chi connectivity index (χ1n) is 4.83. The van der Waals surface area contributed by atoms with Crippen LogP contribution in [0.15, 0.2) is 12.3 Å². The van der Waals surface area contributed by atoms with E-state index in [0.29, 0.717) is 0 Å². The number of hydrogen-bond donors (Lipinski definition) is 1. The Balaban J connectivity index is 2.91. The number of nitrogens with zero attached hydrogens (tertiary/aromatic N) is 1. The number of aromatic nitrogens is 1. The molecule has 1 rings (SSSR count). The largest absolute Gasteiger partial charge is 0.486 e. The molecule has 0 saturated heterocycles. The molecule has 1 unspecified atom stereocenters. The van der Waals surface area contributed by atoms with Crippen molar-refractivity contribution in [3.05, 3.63) is 18.0 Å². The van der Waals surface area contributed by atoms with Crippen molar-refractivity contribution in [2.45, 2.75) is 19.2 Å². The second kappa shape index (κ2) is 5.22. The van der Waals surface area contributed by atoms with E-state index in [1.807, 2.05) is 0 Å². The van der Waals surface area contributed by atoms with Crippen molar-refractivity contribution in [1.29, 1.82) is 0 Å². The summed E-state index contributed by atoms with van der Waals surface area (Å²) in [5.41, 5.74) is 4.50. The number of alkyl halides is 3. The van der Waals surface area contributed by atoms with Crippen molar-refractivity contribution in [1.82, 2.24) is 4.98 Å². The predicted molar refractivity (Wildman–Crippen MR) is 55.6 cm³/mol. The van der Waals surface area contributed by atoms with Crippen molar-refractivity contribution in [2.75, 3.05) is 19.5 Å². The van der Waals surface area contributed by atoms with Crippen LogP contribution in [0, 0.1) is 0 Å². The number of halogens is 3. The van der Waals surface area contributed by atoms with E-state index in [4.69, 9.17) is 15.2 Å². The number of nitrogens with two attached hydrogens (primary N) is 1. The van der Waals surface area contributed by atoms with E-state index < -0.39 is 18.0 Å². The van der Waals surface area contributed by atoms with Gasteiger partial charge in [-0.15, -0.1) is 0 Å². The number of pyridine rings is 1. The summed E-state index contributed by atoms with van der Waals surface area (Å²) in [6.45, 7) is 1.92. The first kappa shape index (κ1) is 13.6. The Morgan fingerprint density at radius 2 is 2.12 bits per heavy atom. The first-order valence-corrected chi connectivity index (χ1v) is 4.83. The molecule has 0 spiro atoms. The van der Waals surface area contributed by atoms with Gasteiger partial charge in [0.05, 0.1) is 18.5 Å². The summed E-state index contributed by atoms with van der Waals surface area (Å²) >= 11 is 0. The summed E-state index contributed by atoms with van der Waals surface area (Å²) in [5, 5.41) is 0. The molecule has 17 heavy (non-hydrogen) atoms. The first-order chi connectivity index (χ1) is 7.84. The molecule has 0 saturated carbocycles. The Hall–Kier alpha value is -1.50. The highest BCUT2D eigenvalue weighted by Gasteiger charge is 2.33. The van der Waals surface area contributed by atoms with Crippen LogP contribution in [0.25, 0.3) is 0 Å². The zero-order valence-corrected chi connectivity index (χ0v) is 9.41. The van der Waals surface area contributed by atoms with Gasteiger partial charge < -0.3 is 15.2 Å². The highest BCUT2D eigenvalue weighted by molar-refractivity contribution is 5.51. The van der Waals surface area contributed by atoms with Gasteiger partial charge in [0.2, 0.25) is 0 Å². The minimum absolute atomic E-state index is 0.0446. The van der Waals surface area contributed by atoms with E-state index in [1.54, 1.807) is 6.92 Å². The van der Waals surface area contributed by atoms with Crippen LogP contribution < -0.4 is 10.5 Å². The van der Waals surface area contributed by atoms with Gasteiger partial charge in [-0.3, -0.25) is 0 Å². The Morgan fingerprint density at radius 3 is 2.65 bits per heavy atom. The lowest BCUT2D eigenvalue weighted by Gasteiger charge is -2.16. The minimum Gasteiger partial charge on any atom is -0.486 e. The number of methoxy groups -OCH3 is 1. The van der Waals surface area contributed by atoms with E-state index in [0.717, 1.165) is 12.3 Å². The molecule has 96 valence electrons. The summed E-state index contributed by atoms with van der Waals surface area (Å²) in [7, 11) is 1.47. The van der Waals surface area contributed by atoms with Crippen molar-refractivity contribution >= 4 is 5.69 Å². The van der Waals surface area contributed by atoms with Crippen LogP contribution >= 0.6 is 0 Å². The van der Waals surface area contributed by atoms with Crippen LogP contribution in [0.3, 0.4) is 0 Å². The Bertz CT molecular complexity index is 382. The molecule has 0 aliphatic rings. The zero-order valence-electron chi connectivity index (χ0n) is 9.41. The van der Waals surface area contributed by atoms with Gasteiger partial charge in [0.15, 0.2) is 0 Å². The molecule has 0 bridgehead atoms. The fraction of sp³-hybridized carbons (Fsp3) is 0.500. The lowest BCUT2D eigenvalue weighted by molar-refractivity contribution is -0.141. The Kier molecular flexibility index (Phi) is 4.17. The number of rotatable bonds is 4. The topological polar surface area (TPSA) is 57.4 Å². The van der Waals surface area contributed by atoms with Gasteiger partial charge in [0.25, 0.3) is 0 Å². The fourth-order valence-corrected chi connectivity index (χ4v) is 1.19. The van der Waals surface area contributed by atoms with Crippen LogP contribution in [0.2, 0.25) is 0 Å². The van der Waals surface area contributed by atoms with Gasteiger partial charge in [-0.05, 0) is 6.92 Å². The maximum Gasteiger partial charge on any atom is 0.433 e. The van der Waals surface area contributed by atoms with Crippen LogP contribution in [-0.4, -0.2) is 24.8 Å². The molecule has 7 heteroatoms. The van der Waals surface area contributed by atoms with Crippen LogP contribution in [-0.2, 0) is 10.9 Å². The average molecular weight is 250 g/mol. The normalized spacial score (nSPS) is 13.5. The minimum atomic E-state index is -4.52. The van der Waals surface area contributed by atoms with Crippen LogP contribution in [0.1, 0.15) is 12.6 Å². The van der Waals surface area contributed by atoms with Crippen molar-refractivity contribution < 1.29 is 22.6 Å². The molecule has 1 aromatic heterocycles. The molecule has 0 aromatic carbocycles. The number of anilines is 1. The third-order valence-corrected chi connectivity index (χ3v) is 1.92. The molecule has 0 fully saturated rings. The van der Waals surface area contributed by atoms with Crippen molar-refractivity contribution in [3.8, 4) is 5.75 Å². The molecule has 0 aliphatic heterocycles. The highest BCUT2D eigenvalue weighted by Crippen LogP contribution is 2.32. The molecule has 0 radical (unpaired) electrons. The summed E-state index contributed by atoms with van der Waals surface area (Å²) in [6.07, 6.45) is -3.99. The van der Waals surface area contributed by atoms with Gasteiger partial charge in [-0.25, -0.2) is 4.98 Å². The third-order valence-electron chi connectivity index (χ3n) is 1.92. The summed E-state index contributed by atoms with van der Waals surface area (Å²) in [5.74, 6) is -0.0446. The Morgan fingerprint density at radius 1 is 1.47 bits per heavy atom. The number of nitrogen functional groups attached to an aromatic ring is 1. The smallest absolute Gasteiger partial charge is 0.433 e. The van der Waals surface area contributed by atoms with Crippen molar-refractivity contribution in [3.63, 3.8) is 0 Å². The average Bonchev–Trinajstić information content (AvgIpc) is 2.20. The van der Waals surface area contributed by atoms with E-state index in [9.17, 15) is 13.2 Å². The van der Waals surface area contributed by atoms with Gasteiger partial charge in [0.1, 0.15) is 17.5 Å². The lowest BCUT2D eigenvalue weighted by Crippen LogP contribution is -2.19. The quantitative estimate of drug-likeness (QED) is 0.889. The van der Waals surface area contributed by atoms with Crippen LogP contribution in [0.5, 0.6) is 5.75 Å². The molecule has 1 heterocycles. The van der Waals surface area contributed by atoms with Gasteiger partial charge >= 0.3 is 6.18 Å². The SMILES string of the molecule is COCC(C)Oc1cc(C(F)(F)F)ncc1N. The fourth-order valence-electron chi connectivity index (χ4n) is 1.19. The molecule has 0 amide bonds. The molecular formula is C10H13F3N2O2. The molecular weight excluding hydrogens is 237 g/mol. The summed E-state index contributed by atoms with van der Waals surface area (Å²) in [6, 6.07) is 0.779. The zero-order chi connectivity index (χ0) is 13.1. The van der Waals surface area contributed by atoms with E-state index in [1.165, 1.54) is 7.11 Å². The number of ether oxygens (including phenoxy) is 2. The second-order valence-electron chi connectivity index (χ2n) is 3.49. The van der Waals surface area contributed by atoms with Crippen molar-refractivity contribution in [2.24, 2.45) is 0 Å². The van der Waals surface area contributed by atoms with E-state index in [2.05, 4.69) is 4.98 Å². The van der Waals surface area contributed by atoms with Gasteiger partial charge in [-0.1, -0.05) is 0 Å². The summed E-state index contributed by atoms with van der Waals surface area (Å²) in [4.78, 5) is 3.20. The van der Waals surface area contributed by atoms with Crippen LogP contribution in [0.4, 0.5) is 18.9 Å². The Labute approximate surface area is 96.5 Å². The second-order valence-corrected chi connectivity index (χ2v) is 3.49. The maximum absolute atomic E-state index is 12.4. The van der Waals surface area contributed by atoms with E-state index >= 15 is 0 Å². The standard InChI is InChI=1S/C10H13F3N2O2/c1-6(5-16-2)17-8-3-9(10(11,12)13)15-4-7(8)14/h3-4,6H,5,14H2,1-2H3. The highest BCUT2D eigenvalue weighted by atomic mass is 19.4. The van der Waals surface area contributed by atoms with Gasteiger partial charge in [-0.2, -0.15) is 13.2 Å². The number of hydrogen-bond acceptors (Lipinski definition) is 4.